The third-order valence-electron chi connectivity index (χ3n) is 4.64. The first kappa shape index (κ1) is 15.4. The van der Waals surface area contributed by atoms with Gasteiger partial charge < -0.3 is 4.57 Å². The summed E-state index contributed by atoms with van der Waals surface area (Å²) in [4.78, 5) is 19.3. The summed E-state index contributed by atoms with van der Waals surface area (Å²) in [6, 6.07) is 6.23. The molecule has 1 aliphatic rings. The van der Waals surface area contributed by atoms with E-state index in [9.17, 15) is 4.79 Å². The van der Waals surface area contributed by atoms with Crippen LogP contribution >= 0.6 is 11.7 Å². The SMILES string of the molecule is Cn1ccnc1C(=O)C1CCCN(Cc2ccc3nsnc3c2)C1. The lowest BCUT2D eigenvalue weighted by molar-refractivity contribution is 0.0797. The Labute approximate surface area is 144 Å². The van der Waals surface area contributed by atoms with Gasteiger partial charge in [-0.1, -0.05) is 6.07 Å². The van der Waals surface area contributed by atoms with Crippen molar-refractivity contribution in [3.8, 4) is 0 Å². The number of likely N-dealkylation sites (tertiary alicyclic amines) is 1. The summed E-state index contributed by atoms with van der Waals surface area (Å²) in [5.41, 5.74) is 3.13. The van der Waals surface area contributed by atoms with Crippen LogP contribution in [0.5, 0.6) is 0 Å². The van der Waals surface area contributed by atoms with Crippen LogP contribution in [0.1, 0.15) is 29.0 Å². The van der Waals surface area contributed by atoms with Crippen molar-refractivity contribution in [3.05, 3.63) is 42.0 Å². The van der Waals surface area contributed by atoms with E-state index >= 15 is 0 Å². The number of nitrogens with zero attached hydrogens (tertiary/aromatic N) is 5. The third-order valence-corrected chi connectivity index (χ3v) is 5.20. The molecule has 2 aromatic heterocycles. The van der Waals surface area contributed by atoms with Crippen LogP contribution in [0.4, 0.5) is 0 Å². The number of hydrogen-bond donors (Lipinski definition) is 0. The molecule has 7 heteroatoms. The molecule has 3 aromatic rings. The number of carbonyl (C=O) groups excluding carboxylic acids is 1. The highest BCUT2D eigenvalue weighted by molar-refractivity contribution is 7.00. The molecule has 4 rings (SSSR count). The predicted molar refractivity (Wildman–Crippen MR) is 93.0 cm³/mol. The summed E-state index contributed by atoms with van der Waals surface area (Å²) in [5.74, 6) is 0.757. The molecule has 0 bridgehead atoms. The average molecular weight is 341 g/mol. The van der Waals surface area contributed by atoms with Crippen LogP contribution in [0.15, 0.2) is 30.6 Å². The predicted octanol–water partition coefficient (Wildman–Crippen LogP) is 2.52. The first-order valence-electron chi connectivity index (χ1n) is 8.16. The van der Waals surface area contributed by atoms with E-state index in [2.05, 4.69) is 30.8 Å². The lowest BCUT2D eigenvalue weighted by atomic mass is 9.93. The van der Waals surface area contributed by atoms with Gasteiger partial charge in [-0.15, -0.1) is 0 Å². The largest absolute Gasteiger partial charge is 0.332 e. The summed E-state index contributed by atoms with van der Waals surface area (Å²) < 4.78 is 10.4. The van der Waals surface area contributed by atoms with Crippen LogP contribution in [0.3, 0.4) is 0 Å². The summed E-state index contributed by atoms with van der Waals surface area (Å²) in [5, 5.41) is 0. The quantitative estimate of drug-likeness (QED) is 0.682. The van der Waals surface area contributed by atoms with Gasteiger partial charge in [-0.3, -0.25) is 9.69 Å². The molecule has 0 spiro atoms. The van der Waals surface area contributed by atoms with Gasteiger partial charge in [0.15, 0.2) is 5.82 Å². The average Bonchev–Trinajstić information content (AvgIpc) is 3.22. The van der Waals surface area contributed by atoms with E-state index in [1.165, 1.54) is 17.3 Å². The van der Waals surface area contributed by atoms with Crippen molar-refractivity contribution in [1.29, 1.82) is 0 Å². The summed E-state index contributed by atoms with van der Waals surface area (Å²) >= 11 is 1.24. The maximum absolute atomic E-state index is 12.7. The molecule has 0 N–H and O–H groups in total. The van der Waals surface area contributed by atoms with Crippen molar-refractivity contribution in [3.63, 3.8) is 0 Å². The van der Waals surface area contributed by atoms with Crippen molar-refractivity contribution < 1.29 is 4.79 Å². The first-order valence-corrected chi connectivity index (χ1v) is 8.89. The van der Waals surface area contributed by atoms with Crippen LogP contribution < -0.4 is 0 Å². The maximum atomic E-state index is 12.7. The van der Waals surface area contributed by atoms with Gasteiger partial charge in [0.1, 0.15) is 11.0 Å². The molecule has 1 aliphatic heterocycles. The van der Waals surface area contributed by atoms with Crippen molar-refractivity contribution >= 4 is 28.5 Å². The lowest BCUT2D eigenvalue weighted by Crippen LogP contribution is -2.38. The number of aryl methyl sites for hydroxylation is 1. The molecule has 1 atom stereocenters. The zero-order chi connectivity index (χ0) is 16.5. The van der Waals surface area contributed by atoms with Crippen molar-refractivity contribution in [1.82, 2.24) is 23.2 Å². The standard InChI is InChI=1S/C17H19N5OS/c1-21-8-6-18-17(21)16(23)13-3-2-7-22(11-13)10-12-4-5-14-15(9-12)20-24-19-14/h4-6,8-9,13H,2-3,7,10-11H2,1H3. The minimum Gasteiger partial charge on any atom is -0.332 e. The van der Waals surface area contributed by atoms with E-state index in [0.29, 0.717) is 5.82 Å². The second-order valence-corrected chi connectivity index (χ2v) is 6.92. The lowest BCUT2D eigenvalue weighted by Gasteiger charge is -2.31. The number of carbonyl (C=O) groups is 1. The van der Waals surface area contributed by atoms with Gasteiger partial charge in [0.2, 0.25) is 5.78 Å². The summed E-state index contributed by atoms with van der Waals surface area (Å²) in [6.07, 6.45) is 5.49. The second-order valence-electron chi connectivity index (χ2n) is 6.39. The van der Waals surface area contributed by atoms with Crippen LogP contribution in [0, 0.1) is 5.92 Å². The molecular weight excluding hydrogens is 322 g/mol. The minimum absolute atomic E-state index is 0.0320. The fourth-order valence-electron chi connectivity index (χ4n) is 3.38. The van der Waals surface area contributed by atoms with Gasteiger partial charge in [0.05, 0.1) is 11.7 Å². The Kier molecular flexibility index (Phi) is 4.12. The molecule has 0 amide bonds. The van der Waals surface area contributed by atoms with Crippen molar-refractivity contribution in [2.45, 2.75) is 19.4 Å². The number of benzene rings is 1. The number of hydrogen-bond acceptors (Lipinski definition) is 6. The number of Topliss-reactive ketones (excluding diaryl/α,β-unsaturated/α-hetero) is 1. The molecule has 0 aliphatic carbocycles. The highest BCUT2D eigenvalue weighted by Gasteiger charge is 2.28. The molecule has 124 valence electrons. The maximum Gasteiger partial charge on any atom is 0.202 e. The Morgan fingerprint density at radius 3 is 3.04 bits per heavy atom. The van der Waals surface area contributed by atoms with Gasteiger partial charge in [0.25, 0.3) is 0 Å². The molecule has 6 nitrogen and oxygen atoms in total. The van der Waals surface area contributed by atoms with Crippen molar-refractivity contribution in [2.75, 3.05) is 13.1 Å². The van der Waals surface area contributed by atoms with Crippen LogP contribution in [0.2, 0.25) is 0 Å². The fourth-order valence-corrected chi connectivity index (χ4v) is 3.90. The van der Waals surface area contributed by atoms with Gasteiger partial charge in [-0.05, 0) is 37.1 Å². The van der Waals surface area contributed by atoms with Crippen LogP contribution in [0.25, 0.3) is 11.0 Å². The van der Waals surface area contributed by atoms with Crippen LogP contribution in [-0.4, -0.2) is 42.1 Å². The summed E-state index contributed by atoms with van der Waals surface area (Å²) in [6.45, 7) is 2.66. The van der Waals surface area contributed by atoms with Gasteiger partial charge in [0, 0.05) is 38.4 Å². The summed E-state index contributed by atoms with van der Waals surface area (Å²) in [7, 11) is 1.87. The molecule has 1 aromatic carbocycles. The highest BCUT2D eigenvalue weighted by Crippen LogP contribution is 2.23. The molecule has 1 saturated heterocycles. The zero-order valence-corrected chi connectivity index (χ0v) is 14.4. The molecule has 3 heterocycles. The normalized spacial score (nSPS) is 19.0. The molecule has 1 unspecified atom stereocenters. The van der Waals surface area contributed by atoms with Gasteiger partial charge >= 0.3 is 0 Å². The zero-order valence-electron chi connectivity index (χ0n) is 13.6. The molecule has 1 fully saturated rings. The number of piperidine rings is 1. The Hall–Kier alpha value is -2.12. The number of imidazole rings is 1. The molecular formula is C17H19N5OS. The van der Waals surface area contributed by atoms with Gasteiger partial charge in [-0.25, -0.2) is 4.98 Å². The minimum atomic E-state index is 0.0320. The number of ketones is 1. The monoisotopic (exact) mass is 341 g/mol. The van der Waals surface area contributed by atoms with Crippen molar-refractivity contribution in [2.24, 2.45) is 13.0 Å². The molecule has 0 radical (unpaired) electrons. The van der Waals surface area contributed by atoms with E-state index in [4.69, 9.17) is 0 Å². The Morgan fingerprint density at radius 2 is 2.21 bits per heavy atom. The van der Waals surface area contributed by atoms with E-state index in [1.807, 2.05) is 23.9 Å². The Morgan fingerprint density at radius 1 is 1.33 bits per heavy atom. The Bertz CT molecular complexity index is 871. The number of aromatic nitrogens is 4. The van der Waals surface area contributed by atoms with E-state index < -0.39 is 0 Å². The van der Waals surface area contributed by atoms with E-state index in [1.54, 1.807) is 6.20 Å². The van der Waals surface area contributed by atoms with Crippen LogP contribution in [-0.2, 0) is 13.6 Å². The topological polar surface area (TPSA) is 63.9 Å². The highest BCUT2D eigenvalue weighted by atomic mass is 32.1. The first-order chi connectivity index (χ1) is 11.7. The van der Waals surface area contributed by atoms with Gasteiger partial charge in [-0.2, -0.15) is 8.75 Å². The smallest absolute Gasteiger partial charge is 0.202 e. The number of fused-ring (bicyclic) bond motifs is 1. The Balaban J connectivity index is 1.46. The third kappa shape index (κ3) is 2.97. The van der Waals surface area contributed by atoms with E-state index in [0.717, 1.165) is 43.5 Å². The van der Waals surface area contributed by atoms with E-state index in [-0.39, 0.29) is 11.7 Å². The number of rotatable bonds is 4. The molecule has 24 heavy (non-hydrogen) atoms. The second kappa shape index (κ2) is 6.41. The fraction of sp³-hybridized carbons (Fsp3) is 0.412. The molecule has 0 saturated carbocycles.